The van der Waals surface area contributed by atoms with E-state index in [-0.39, 0.29) is 6.04 Å². The fourth-order valence-corrected chi connectivity index (χ4v) is 4.09. The van der Waals surface area contributed by atoms with Crippen LogP contribution < -0.4 is 5.73 Å². The number of rotatable bonds is 4. The second-order valence-corrected chi connectivity index (χ2v) is 7.29. The Bertz CT molecular complexity index is 545. The molecule has 114 valence electrons. The van der Waals surface area contributed by atoms with Crippen molar-refractivity contribution in [3.8, 4) is 0 Å². The molecule has 2 rings (SSSR count). The first-order valence-corrected chi connectivity index (χ1v) is 8.43. The molecular weight excluding hydrogens is 276 g/mol. The number of likely N-dealkylation sites (N-methyl/N-ethyl adjacent to an activating group) is 1. The highest BCUT2D eigenvalue weighted by Crippen LogP contribution is 2.21. The van der Waals surface area contributed by atoms with Crippen LogP contribution in [0.25, 0.3) is 0 Å². The molecule has 0 radical (unpaired) electrons. The van der Waals surface area contributed by atoms with Crippen LogP contribution in [0.4, 0.5) is 0 Å². The van der Waals surface area contributed by atoms with Crippen molar-refractivity contribution in [1.82, 2.24) is 13.8 Å². The van der Waals surface area contributed by atoms with Crippen molar-refractivity contribution in [2.45, 2.75) is 37.9 Å². The van der Waals surface area contributed by atoms with Crippen LogP contribution in [0.3, 0.4) is 0 Å². The lowest BCUT2D eigenvalue weighted by molar-refractivity contribution is 0.159. The molecule has 0 bridgehead atoms. The minimum absolute atomic E-state index is 0.237. The van der Waals surface area contributed by atoms with Crippen molar-refractivity contribution in [2.24, 2.45) is 5.73 Å². The van der Waals surface area contributed by atoms with Crippen LogP contribution in [-0.2, 0) is 23.1 Å². The molecule has 20 heavy (non-hydrogen) atoms. The molecule has 6 nitrogen and oxygen atoms in total. The number of nitrogens with zero attached hydrogens (tertiary/aromatic N) is 3. The van der Waals surface area contributed by atoms with E-state index < -0.39 is 10.0 Å². The molecule has 0 aromatic carbocycles. The number of hydrogen-bond acceptors (Lipinski definition) is 4. The summed E-state index contributed by atoms with van der Waals surface area (Å²) in [7, 11) is -1.39. The van der Waals surface area contributed by atoms with Gasteiger partial charge in [-0.2, -0.15) is 4.31 Å². The summed E-state index contributed by atoms with van der Waals surface area (Å²) in [5, 5.41) is 0. The summed E-state index contributed by atoms with van der Waals surface area (Å²) < 4.78 is 28.9. The van der Waals surface area contributed by atoms with Gasteiger partial charge in [0.25, 0.3) is 0 Å². The zero-order chi connectivity index (χ0) is 14.9. The second kappa shape index (κ2) is 5.85. The first-order valence-electron chi connectivity index (χ1n) is 6.99. The first kappa shape index (κ1) is 15.5. The molecule has 1 fully saturated rings. The van der Waals surface area contributed by atoms with Gasteiger partial charge in [0.05, 0.1) is 0 Å². The van der Waals surface area contributed by atoms with E-state index in [1.54, 1.807) is 16.6 Å². The van der Waals surface area contributed by atoms with E-state index in [1.807, 2.05) is 25.5 Å². The SMILES string of the molecule is CCn1cc(S(=O)(=O)N2CCN(C)C(C)C2)cc1CN. The molecule has 1 aliphatic rings. The van der Waals surface area contributed by atoms with E-state index in [0.29, 0.717) is 24.5 Å². The molecule has 0 saturated carbocycles. The standard InChI is InChI=1S/C13H24N4O2S/c1-4-16-10-13(7-12(16)8-14)20(18,19)17-6-5-15(3)11(2)9-17/h7,10-11H,4-6,8-9,14H2,1-3H3. The van der Waals surface area contributed by atoms with Gasteiger partial charge in [0.1, 0.15) is 4.90 Å². The first-order chi connectivity index (χ1) is 9.40. The van der Waals surface area contributed by atoms with E-state index in [1.165, 1.54) is 0 Å². The molecular formula is C13H24N4O2S. The number of sulfonamides is 1. The number of nitrogens with two attached hydrogens (primary N) is 1. The van der Waals surface area contributed by atoms with E-state index >= 15 is 0 Å². The van der Waals surface area contributed by atoms with Crippen LogP contribution in [0.1, 0.15) is 19.5 Å². The van der Waals surface area contributed by atoms with Crippen molar-refractivity contribution in [2.75, 3.05) is 26.7 Å². The Kier molecular flexibility index (Phi) is 4.53. The Hall–Kier alpha value is -0.890. The monoisotopic (exact) mass is 300 g/mol. The largest absolute Gasteiger partial charge is 0.349 e. The maximum Gasteiger partial charge on any atom is 0.244 e. The van der Waals surface area contributed by atoms with Crippen molar-refractivity contribution in [1.29, 1.82) is 0 Å². The lowest BCUT2D eigenvalue weighted by atomic mass is 10.2. The Morgan fingerprint density at radius 3 is 2.60 bits per heavy atom. The molecule has 0 spiro atoms. The zero-order valence-electron chi connectivity index (χ0n) is 12.4. The average Bonchev–Trinajstić information content (AvgIpc) is 2.85. The van der Waals surface area contributed by atoms with Crippen LogP contribution in [0.15, 0.2) is 17.2 Å². The minimum Gasteiger partial charge on any atom is -0.349 e. The summed E-state index contributed by atoms with van der Waals surface area (Å²) in [6.45, 7) is 6.94. The minimum atomic E-state index is -3.41. The van der Waals surface area contributed by atoms with Crippen LogP contribution in [-0.4, -0.2) is 54.9 Å². The molecule has 0 amide bonds. The van der Waals surface area contributed by atoms with E-state index in [9.17, 15) is 8.42 Å². The summed E-state index contributed by atoms with van der Waals surface area (Å²) in [6, 6.07) is 1.93. The smallest absolute Gasteiger partial charge is 0.244 e. The summed E-state index contributed by atoms with van der Waals surface area (Å²) in [5.74, 6) is 0. The Morgan fingerprint density at radius 1 is 1.40 bits per heavy atom. The quantitative estimate of drug-likeness (QED) is 0.867. The van der Waals surface area contributed by atoms with E-state index in [0.717, 1.165) is 18.8 Å². The van der Waals surface area contributed by atoms with Gasteiger partial charge in [-0.05, 0) is 27.0 Å². The van der Waals surface area contributed by atoms with Gasteiger partial charge in [-0.3, -0.25) is 0 Å². The molecule has 1 saturated heterocycles. The van der Waals surface area contributed by atoms with Gasteiger partial charge in [0.15, 0.2) is 0 Å². The number of piperazine rings is 1. The molecule has 1 aliphatic heterocycles. The fraction of sp³-hybridized carbons (Fsp3) is 0.692. The highest BCUT2D eigenvalue weighted by atomic mass is 32.2. The summed E-state index contributed by atoms with van der Waals surface area (Å²) >= 11 is 0. The predicted octanol–water partition coefficient (Wildman–Crippen LogP) is 0.291. The Morgan fingerprint density at radius 2 is 2.10 bits per heavy atom. The Labute approximate surface area is 121 Å². The summed E-state index contributed by atoms with van der Waals surface area (Å²) in [5.41, 5.74) is 6.52. The van der Waals surface area contributed by atoms with Crippen molar-refractivity contribution in [3.63, 3.8) is 0 Å². The van der Waals surface area contributed by atoms with Crippen molar-refractivity contribution in [3.05, 3.63) is 18.0 Å². The van der Waals surface area contributed by atoms with Gasteiger partial charge < -0.3 is 15.2 Å². The molecule has 1 aromatic rings. The van der Waals surface area contributed by atoms with Crippen LogP contribution in [0, 0.1) is 0 Å². The molecule has 1 aromatic heterocycles. The average molecular weight is 300 g/mol. The zero-order valence-corrected chi connectivity index (χ0v) is 13.2. The van der Waals surface area contributed by atoms with Gasteiger partial charge in [-0.1, -0.05) is 0 Å². The van der Waals surface area contributed by atoms with Gasteiger partial charge in [-0.15, -0.1) is 0 Å². The fourth-order valence-electron chi connectivity index (χ4n) is 2.51. The summed E-state index contributed by atoms with van der Waals surface area (Å²) in [4.78, 5) is 2.53. The number of aromatic nitrogens is 1. The lowest BCUT2D eigenvalue weighted by Crippen LogP contribution is -2.51. The maximum atomic E-state index is 12.7. The normalized spacial score (nSPS) is 22.3. The molecule has 2 heterocycles. The van der Waals surface area contributed by atoms with Crippen molar-refractivity contribution < 1.29 is 8.42 Å². The van der Waals surface area contributed by atoms with Gasteiger partial charge in [-0.25, -0.2) is 8.42 Å². The van der Waals surface area contributed by atoms with Crippen LogP contribution in [0.5, 0.6) is 0 Å². The highest BCUT2D eigenvalue weighted by Gasteiger charge is 2.31. The Balaban J connectivity index is 2.28. The second-order valence-electron chi connectivity index (χ2n) is 5.35. The lowest BCUT2D eigenvalue weighted by Gasteiger charge is -2.36. The molecule has 1 unspecified atom stereocenters. The van der Waals surface area contributed by atoms with Crippen LogP contribution in [0.2, 0.25) is 0 Å². The third kappa shape index (κ3) is 2.76. The molecule has 1 atom stereocenters. The number of hydrogen-bond donors (Lipinski definition) is 1. The van der Waals surface area contributed by atoms with E-state index in [2.05, 4.69) is 4.90 Å². The third-order valence-electron chi connectivity index (χ3n) is 4.07. The van der Waals surface area contributed by atoms with Crippen LogP contribution >= 0.6 is 0 Å². The molecule has 2 N–H and O–H groups in total. The summed E-state index contributed by atoms with van der Waals surface area (Å²) in [6.07, 6.45) is 1.69. The van der Waals surface area contributed by atoms with Crippen molar-refractivity contribution >= 4 is 10.0 Å². The predicted molar refractivity (Wildman–Crippen MR) is 78.8 cm³/mol. The maximum absolute atomic E-state index is 12.7. The molecule has 7 heteroatoms. The number of aryl methyl sites for hydroxylation is 1. The highest BCUT2D eigenvalue weighted by molar-refractivity contribution is 7.89. The topological polar surface area (TPSA) is 71.6 Å². The molecule has 0 aliphatic carbocycles. The third-order valence-corrected chi connectivity index (χ3v) is 5.90. The van der Waals surface area contributed by atoms with Gasteiger partial charge in [0, 0.05) is 50.7 Å². The van der Waals surface area contributed by atoms with E-state index in [4.69, 9.17) is 5.73 Å². The van der Waals surface area contributed by atoms with Gasteiger partial charge in [0.2, 0.25) is 10.0 Å². The van der Waals surface area contributed by atoms with Gasteiger partial charge >= 0.3 is 0 Å².